The van der Waals surface area contributed by atoms with Gasteiger partial charge >= 0.3 is 0 Å². The molecule has 0 aliphatic carbocycles. The van der Waals surface area contributed by atoms with Crippen molar-refractivity contribution in [2.75, 3.05) is 16.4 Å². The molecule has 0 atom stereocenters. The van der Waals surface area contributed by atoms with Gasteiger partial charge in [0, 0.05) is 11.8 Å². The molecule has 0 saturated carbocycles. The van der Waals surface area contributed by atoms with Crippen LogP contribution in [0.3, 0.4) is 0 Å². The molecule has 8 heteroatoms. The molecule has 2 aromatic carbocycles. The molecule has 6 nitrogen and oxygen atoms in total. The molecule has 0 saturated heterocycles. The number of anilines is 2. The third kappa shape index (κ3) is 6.85. The van der Waals surface area contributed by atoms with Crippen LogP contribution in [-0.2, 0) is 16.0 Å². The van der Waals surface area contributed by atoms with Crippen molar-refractivity contribution in [3.8, 4) is 0 Å². The van der Waals surface area contributed by atoms with E-state index in [2.05, 4.69) is 27.8 Å². The SMILES string of the molecule is CCc1ccc(NC(=O)CSc2nnc(NC(=O)C=Cc3ccccc3)s2)cc1. The Morgan fingerprint density at radius 3 is 2.52 bits per heavy atom. The summed E-state index contributed by atoms with van der Waals surface area (Å²) in [6.45, 7) is 2.09. The molecule has 1 heterocycles. The fraction of sp³-hybridized carbons (Fsp3) is 0.143. The highest BCUT2D eigenvalue weighted by atomic mass is 32.2. The van der Waals surface area contributed by atoms with Crippen molar-refractivity contribution in [2.45, 2.75) is 17.7 Å². The fourth-order valence-electron chi connectivity index (χ4n) is 2.35. The maximum absolute atomic E-state index is 12.1. The minimum atomic E-state index is -0.283. The number of thioether (sulfide) groups is 1. The first kappa shape index (κ1) is 20.8. The van der Waals surface area contributed by atoms with Crippen LogP contribution in [0.4, 0.5) is 10.8 Å². The Balaban J connectivity index is 1.45. The van der Waals surface area contributed by atoms with Crippen LogP contribution in [-0.4, -0.2) is 27.8 Å². The standard InChI is InChI=1S/C21H20N4O2S2/c1-2-15-8-11-17(12-9-15)22-19(27)14-28-21-25-24-20(29-21)23-18(26)13-10-16-6-4-3-5-7-16/h3-13H,2,14H2,1H3,(H,22,27)(H,23,24,26). The third-order valence-electron chi connectivity index (χ3n) is 3.84. The first-order valence-electron chi connectivity index (χ1n) is 9.01. The Hall–Kier alpha value is -2.97. The van der Waals surface area contributed by atoms with Gasteiger partial charge in [-0.25, -0.2) is 0 Å². The highest BCUT2D eigenvalue weighted by Gasteiger charge is 2.10. The van der Waals surface area contributed by atoms with Crippen molar-refractivity contribution in [2.24, 2.45) is 0 Å². The van der Waals surface area contributed by atoms with Crippen LogP contribution in [0, 0.1) is 0 Å². The molecule has 3 rings (SSSR count). The highest BCUT2D eigenvalue weighted by Crippen LogP contribution is 2.25. The van der Waals surface area contributed by atoms with Gasteiger partial charge in [0.25, 0.3) is 0 Å². The van der Waals surface area contributed by atoms with Gasteiger partial charge in [0.05, 0.1) is 5.75 Å². The summed E-state index contributed by atoms with van der Waals surface area (Å²) in [7, 11) is 0. The van der Waals surface area contributed by atoms with Crippen LogP contribution in [0.25, 0.3) is 6.08 Å². The number of hydrogen-bond donors (Lipinski definition) is 2. The van der Waals surface area contributed by atoms with Crippen molar-refractivity contribution in [1.29, 1.82) is 0 Å². The average Bonchev–Trinajstić information content (AvgIpc) is 3.19. The number of nitrogens with one attached hydrogen (secondary N) is 2. The predicted molar refractivity (Wildman–Crippen MR) is 119 cm³/mol. The molecule has 148 valence electrons. The largest absolute Gasteiger partial charge is 0.325 e. The Morgan fingerprint density at radius 2 is 1.79 bits per heavy atom. The van der Waals surface area contributed by atoms with Crippen LogP contribution in [0.5, 0.6) is 0 Å². The van der Waals surface area contributed by atoms with E-state index in [1.807, 2.05) is 54.6 Å². The monoisotopic (exact) mass is 424 g/mol. The van der Waals surface area contributed by atoms with E-state index >= 15 is 0 Å². The van der Waals surface area contributed by atoms with E-state index in [9.17, 15) is 9.59 Å². The molecule has 0 aliphatic rings. The zero-order valence-corrected chi connectivity index (χ0v) is 17.4. The first-order chi connectivity index (χ1) is 14.1. The number of benzene rings is 2. The number of nitrogens with zero attached hydrogens (tertiary/aromatic N) is 2. The molecule has 1 aromatic heterocycles. The summed E-state index contributed by atoms with van der Waals surface area (Å²) in [6, 6.07) is 17.3. The van der Waals surface area contributed by atoms with E-state index in [1.165, 1.54) is 34.7 Å². The number of aryl methyl sites for hydroxylation is 1. The summed E-state index contributed by atoms with van der Waals surface area (Å²) >= 11 is 2.51. The van der Waals surface area contributed by atoms with Gasteiger partial charge in [0.2, 0.25) is 16.9 Å². The molecule has 0 fully saturated rings. The summed E-state index contributed by atoms with van der Waals surface area (Å²) < 4.78 is 0.615. The maximum Gasteiger partial charge on any atom is 0.250 e. The number of carbonyl (C=O) groups excluding carboxylic acids is 2. The lowest BCUT2D eigenvalue weighted by Gasteiger charge is -2.05. The molecular weight excluding hydrogens is 404 g/mol. The van der Waals surface area contributed by atoms with Crippen molar-refractivity contribution in [1.82, 2.24) is 10.2 Å². The predicted octanol–water partition coefficient (Wildman–Crippen LogP) is 4.48. The van der Waals surface area contributed by atoms with Crippen molar-refractivity contribution < 1.29 is 9.59 Å². The lowest BCUT2D eigenvalue weighted by atomic mass is 10.1. The van der Waals surface area contributed by atoms with Gasteiger partial charge in [-0.15, -0.1) is 10.2 Å². The fourth-order valence-corrected chi connectivity index (χ4v) is 3.90. The number of aromatic nitrogens is 2. The zero-order chi connectivity index (χ0) is 20.5. The van der Waals surface area contributed by atoms with E-state index in [1.54, 1.807) is 6.08 Å². The van der Waals surface area contributed by atoms with E-state index in [0.29, 0.717) is 9.47 Å². The molecule has 2 amide bonds. The van der Waals surface area contributed by atoms with Gasteiger partial charge in [0.1, 0.15) is 0 Å². The Labute approximate surface area is 177 Å². The lowest BCUT2D eigenvalue weighted by molar-refractivity contribution is -0.114. The Bertz CT molecular complexity index is 985. The number of amides is 2. The summed E-state index contributed by atoms with van der Waals surface area (Å²) in [5.74, 6) is -0.188. The minimum absolute atomic E-state index is 0.120. The molecule has 0 unspecified atom stereocenters. The lowest BCUT2D eigenvalue weighted by Crippen LogP contribution is -2.13. The molecule has 0 spiro atoms. The Morgan fingerprint density at radius 1 is 1.03 bits per heavy atom. The van der Waals surface area contributed by atoms with E-state index in [4.69, 9.17) is 0 Å². The third-order valence-corrected chi connectivity index (χ3v) is 5.81. The van der Waals surface area contributed by atoms with Crippen molar-refractivity contribution in [3.05, 3.63) is 71.8 Å². The normalized spacial score (nSPS) is 10.8. The molecule has 3 aromatic rings. The zero-order valence-electron chi connectivity index (χ0n) is 15.8. The van der Waals surface area contributed by atoms with E-state index < -0.39 is 0 Å². The summed E-state index contributed by atoms with van der Waals surface area (Å²) in [4.78, 5) is 24.1. The minimum Gasteiger partial charge on any atom is -0.325 e. The van der Waals surface area contributed by atoms with E-state index in [0.717, 1.165) is 17.7 Å². The maximum atomic E-state index is 12.1. The number of hydrogen-bond acceptors (Lipinski definition) is 6. The molecule has 29 heavy (non-hydrogen) atoms. The quantitative estimate of drug-likeness (QED) is 0.316. The highest BCUT2D eigenvalue weighted by molar-refractivity contribution is 8.01. The van der Waals surface area contributed by atoms with Gasteiger partial charge in [-0.2, -0.15) is 0 Å². The summed E-state index contributed by atoms with van der Waals surface area (Å²) in [5, 5.41) is 13.9. The van der Waals surface area contributed by atoms with Crippen molar-refractivity contribution in [3.63, 3.8) is 0 Å². The number of carbonyl (C=O) groups is 2. The number of rotatable bonds is 8. The second-order valence-corrected chi connectivity index (χ2v) is 8.19. The second kappa shape index (κ2) is 10.5. The van der Waals surface area contributed by atoms with E-state index in [-0.39, 0.29) is 17.6 Å². The molecular formula is C21H20N4O2S2. The van der Waals surface area contributed by atoms with Gasteiger partial charge < -0.3 is 5.32 Å². The Kier molecular flexibility index (Phi) is 7.54. The van der Waals surface area contributed by atoms with Gasteiger partial charge in [-0.3, -0.25) is 14.9 Å². The van der Waals surface area contributed by atoms with Crippen LogP contribution in [0.15, 0.2) is 65.0 Å². The first-order valence-corrected chi connectivity index (χ1v) is 10.8. The molecule has 0 radical (unpaired) electrons. The average molecular weight is 425 g/mol. The summed E-state index contributed by atoms with van der Waals surface area (Å²) in [6.07, 6.45) is 4.13. The van der Waals surface area contributed by atoms with Crippen LogP contribution in [0.2, 0.25) is 0 Å². The van der Waals surface area contributed by atoms with Gasteiger partial charge in [-0.05, 0) is 35.8 Å². The molecule has 0 bridgehead atoms. The second-order valence-electron chi connectivity index (χ2n) is 5.99. The van der Waals surface area contributed by atoms with Crippen LogP contribution >= 0.6 is 23.1 Å². The summed E-state index contributed by atoms with van der Waals surface area (Å²) in [5.41, 5.74) is 2.93. The topological polar surface area (TPSA) is 84.0 Å². The van der Waals surface area contributed by atoms with Crippen molar-refractivity contribution >= 4 is 51.8 Å². The smallest absolute Gasteiger partial charge is 0.250 e. The van der Waals surface area contributed by atoms with Crippen LogP contribution in [0.1, 0.15) is 18.1 Å². The molecule has 2 N–H and O–H groups in total. The van der Waals surface area contributed by atoms with Crippen LogP contribution < -0.4 is 10.6 Å². The molecule has 0 aliphatic heterocycles. The van der Waals surface area contributed by atoms with Gasteiger partial charge in [-0.1, -0.05) is 72.5 Å². The van der Waals surface area contributed by atoms with Gasteiger partial charge in [0.15, 0.2) is 4.34 Å².